The van der Waals surface area contributed by atoms with E-state index < -0.39 is 6.10 Å². The summed E-state index contributed by atoms with van der Waals surface area (Å²) in [4.78, 5) is 16.3. The highest BCUT2D eigenvalue weighted by atomic mass is 16.5. The van der Waals surface area contributed by atoms with Crippen molar-refractivity contribution in [2.24, 2.45) is 0 Å². The molecule has 2 rings (SSSR count). The lowest BCUT2D eigenvalue weighted by Crippen LogP contribution is -2.50. The minimum atomic E-state index is -0.481. The topological polar surface area (TPSA) is 58.8 Å². The van der Waals surface area contributed by atoms with Crippen LogP contribution in [0.4, 0.5) is 5.69 Å². The van der Waals surface area contributed by atoms with Crippen molar-refractivity contribution >= 4 is 11.6 Å². The van der Waals surface area contributed by atoms with Crippen molar-refractivity contribution in [1.82, 2.24) is 9.80 Å². The highest BCUT2D eigenvalue weighted by Gasteiger charge is 2.24. The Morgan fingerprint density at radius 2 is 2.00 bits per heavy atom. The predicted octanol–water partition coefficient (Wildman–Crippen LogP) is 0.810. The number of carbonyl (C=O) groups excluding carboxylic acids is 1. The average molecular weight is 263 g/mol. The summed E-state index contributed by atoms with van der Waals surface area (Å²) in [6.07, 6.45) is -0.481. The number of nitrogen functional groups attached to an aromatic ring is 1. The van der Waals surface area contributed by atoms with E-state index in [1.54, 1.807) is 19.1 Å². The molecule has 1 amide bonds. The molecule has 104 valence electrons. The van der Waals surface area contributed by atoms with E-state index in [1.165, 1.54) is 0 Å². The maximum atomic E-state index is 12.2. The molecule has 1 saturated heterocycles. The zero-order chi connectivity index (χ0) is 13.8. The van der Waals surface area contributed by atoms with Gasteiger partial charge in [-0.3, -0.25) is 4.79 Å². The molecule has 0 saturated carbocycles. The Balaban J connectivity index is 1.92. The Bertz CT molecular complexity index is 442. The van der Waals surface area contributed by atoms with Gasteiger partial charge in [0.25, 0.3) is 5.91 Å². The fourth-order valence-corrected chi connectivity index (χ4v) is 2.13. The molecule has 1 aliphatic rings. The summed E-state index contributed by atoms with van der Waals surface area (Å²) in [5.74, 6) is 0.672. The van der Waals surface area contributed by atoms with Crippen LogP contribution in [0.3, 0.4) is 0 Å². The van der Waals surface area contributed by atoms with E-state index in [4.69, 9.17) is 10.5 Å². The third-order valence-corrected chi connectivity index (χ3v) is 3.33. The largest absolute Gasteiger partial charge is 0.481 e. The van der Waals surface area contributed by atoms with Crippen LogP contribution in [0.25, 0.3) is 0 Å². The molecule has 5 nitrogen and oxygen atoms in total. The number of piperazine rings is 1. The quantitative estimate of drug-likeness (QED) is 0.820. The van der Waals surface area contributed by atoms with Gasteiger partial charge in [0.05, 0.1) is 0 Å². The van der Waals surface area contributed by atoms with Crippen LogP contribution in [0.5, 0.6) is 5.75 Å². The molecule has 1 atom stereocenters. The molecule has 0 bridgehead atoms. The lowest BCUT2D eigenvalue weighted by Gasteiger charge is -2.33. The van der Waals surface area contributed by atoms with E-state index in [9.17, 15) is 4.79 Å². The molecular formula is C14H21N3O2. The fourth-order valence-electron chi connectivity index (χ4n) is 2.13. The second kappa shape index (κ2) is 5.93. The predicted molar refractivity (Wildman–Crippen MR) is 75.0 cm³/mol. The highest BCUT2D eigenvalue weighted by Crippen LogP contribution is 2.17. The molecule has 1 aliphatic heterocycles. The number of benzene rings is 1. The summed E-state index contributed by atoms with van der Waals surface area (Å²) in [6.45, 7) is 5.14. The van der Waals surface area contributed by atoms with Crippen LogP contribution < -0.4 is 10.5 Å². The van der Waals surface area contributed by atoms with Gasteiger partial charge in [-0.25, -0.2) is 0 Å². The molecular weight excluding hydrogens is 242 g/mol. The van der Waals surface area contributed by atoms with Gasteiger partial charge in [0.1, 0.15) is 5.75 Å². The van der Waals surface area contributed by atoms with Crippen molar-refractivity contribution in [1.29, 1.82) is 0 Å². The Morgan fingerprint density at radius 3 is 2.63 bits per heavy atom. The number of hydrogen-bond acceptors (Lipinski definition) is 4. The molecule has 1 heterocycles. The summed E-state index contributed by atoms with van der Waals surface area (Å²) in [5, 5.41) is 0. The minimum absolute atomic E-state index is 0.0375. The molecule has 0 radical (unpaired) electrons. The summed E-state index contributed by atoms with van der Waals surface area (Å²) >= 11 is 0. The number of ether oxygens (including phenoxy) is 1. The van der Waals surface area contributed by atoms with E-state index >= 15 is 0 Å². The van der Waals surface area contributed by atoms with Gasteiger partial charge in [0, 0.05) is 37.9 Å². The van der Waals surface area contributed by atoms with Gasteiger partial charge >= 0.3 is 0 Å². The molecule has 0 aromatic heterocycles. The van der Waals surface area contributed by atoms with Crippen LogP contribution in [-0.4, -0.2) is 55.0 Å². The lowest BCUT2D eigenvalue weighted by molar-refractivity contribution is -0.139. The SMILES string of the molecule is CC(Oc1cccc(N)c1)C(=O)N1CCN(C)CC1. The first-order chi connectivity index (χ1) is 9.06. The first-order valence-corrected chi connectivity index (χ1v) is 6.56. The van der Waals surface area contributed by atoms with E-state index in [-0.39, 0.29) is 5.91 Å². The second-order valence-corrected chi connectivity index (χ2v) is 4.96. The average Bonchev–Trinajstić information content (AvgIpc) is 2.39. The minimum Gasteiger partial charge on any atom is -0.481 e. The third-order valence-electron chi connectivity index (χ3n) is 3.33. The summed E-state index contributed by atoms with van der Waals surface area (Å²) in [5.41, 5.74) is 6.32. The van der Waals surface area contributed by atoms with Crippen LogP contribution in [0.15, 0.2) is 24.3 Å². The number of amides is 1. The van der Waals surface area contributed by atoms with E-state index in [0.717, 1.165) is 26.2 Å². The molecule has 0 aliphatic carbocycles. The zero-order valence-corrected chi connectivity index (χ0v) is 11.5. The third kappa shape index (κ3) is 3.61. The van der Waals surface area contributed by atoms with Crippen molar-refractivity contribution < 1.29 is 9.53 Å². The molecule has 1 aromatic carbocycles. The molecule has 1 aromatic rings. The Morgan fingerprint density at radius 1 is 1.32 bits per heavy atom. The van der Waals surface area contributed by atoms with Crippen molar-refractivity contribution in [3.05, 3.63) is 24.3 Å². The second-order valence-electron chi connectivity index (χ2n) is 4.96. The Kier molecular flexibility index (Phi) is 4.27. The molecule has 1 unspecified atom stereocenters. The van der Waals surface area contributed by atoms with E-state index in [1.807, 2.05) is 17.0 Å². The molecule has 19 heavy (non-hydrogen) atoms. The normalized spacial score (nSPS) is 18.1. The van der Waals surface area contributed by atoms with Gasteiger partial charge in [0.2, 0.25) is 0 Å². The standard InChI is InChI=1S/C14H21N3O2/c1-11(19-13-5-3-4-12(15)10-13)14(18)17-8-6-16(2)7-9-17/h3-5,10-11H,6-9,15H2,1-2H3. The van der Waals surface area contributed by atoms with Gasteiger partial charge in [0.15, 0.2) is 6.10 Å². The van der Waals surface area contributed by atoms with Gasteiger partial charge in [-0.1, -0.05) is 6.07 Å². The molecule has 0 spiro atoms. The van der Waals surface area contributed by atoms with Crippen LogP contribution >= 0.6 is 0 Å². The monoisotopic (exact) mass is 263 g/mol. The van der Waals surface area contributed by atoms with Gasteiger partial charge in [-0.05, 0) is 26.1 Å². The maximum absolute atomic E-state index is 12.2. The Hall–Kier alpha value is -1.75. The summed E-state index contributed by atoms with van der Waals surface area (Å²) < 4.78 is 5.65. The van der Waals surface area contributed by atoms with Crippen molar-refractivity contribution in [3.8, 4) is 5.75 Å². The lowest BCUT2D eigenvalue weighted by atomic mass is 10.2. The smallest absolute Gasteiger partial charge is 0.263 e. The Labute approximate surface area is 113 Å². The van der Waals surface area contributed by atoms with Gasteiger partial charge in [-0.15, -0.1) is 0 Å². The number of likely N-dealkylation sites (N-methyl/N-ethyl adjacent to an activating group) is 1. The summed E-state index contributed by atoms with van der Waals surface area (Å²) in [7, 11) is 2.06. The van der Waals surface area contributed by atoms with Crippen LogP contribution in [0.1, 0.15) is 6.92 Å². The maximum Gasteiger partial charge on any atom is 0.263 e. The molecule has 2 N–H and O–H groups in total. The van der Waals surface area contributed by atoms with E-state index in [2.05, 4.69) is 11.9 Å². The summed E-state index contributed by atoms with van der Waals surface area (Å²) in [6, 6.07) is 7.15. The van der Waals surface area contributed by atoms with Crippen molar-refractivity contribution in [3.63, 3.8) is 0 Å². The number of carbonyl (C=O) groups is 1. The fraction of sp³-hybridized carbons (Fsp3) is 0.500. The number of nitrogens with zero attached hydrogens (tertiary/aromatic N) is 2. The zero-order valence-electron chi connectivity index (χ0n) is 11.5. The number of nitrogens with two attached hydrogens (primary N) is 1. The van der Waals surface area contributed by atoms with E-state index in [0.29, 0.717) is 11.4 Å². The number of anilines is 1. The van der Waals surface area contributed by atoms with Gasteiger partial charge < -0.3 is 20.3 Å². The number of hydrogen-bond donors (Lipinski definition) is 1. The van der Waals surface area contributed by atoms with Crippen molar-refractivity contribution in [2.45, 2.75) is 13.0 Å². The van der Waals surface area contributed by atoms with Crippen LogP contribution in [0.2, 0.25) is 0 Å². The van der Waals surface area contributed by atoms with Crippen LogP contribution in [-0.2, 0) is 4.79 Å². The molecule has 1 fully saturated rings. The molecule has 5 heteroatoms. The first-order valence-electron chi connectivity index (χ1n) is 6.56. The highest BCUT2D eigenvalue weighted by molar-refractivity contribution is 5.81. The van der Waals surface area contributed by atoms with Crippen LogP contribution in [0, 0.1) is 0 Å². The number of rotatable bonds is 3. The first kappa shape index (κ1) is 13.7. The van der Waals surface area contributed by atoms with Crippen molar-refractivity contribution in [2.75, 3.05) is 39.0 Å². The van der Waals surface area contributed by atoms with Gasteiger partial charge in [-0.2, -0.15) is 0 Å².